The van der Waals surface area contributed by atoms with Gasteiger partial charge in [0, 0.05) is 17.8 Å². The van der Waals surface area contributed by atoms with Crippen molar-refractivity contribution in [3.05, 3.63) is 29.1 Å². The lowest BCUT2D eigenvalue weighted by molar-refractivity contribution is 0.415. The Morgan fingerprint density at radius 2 is 2.15 bits per heavy atom. The summed E-state index contributed by atoms with van der Waals surface area (Å²) in [6, 6.07) is 5.99. The molecule has 0 saturated carbocycles. The fourth-order valence-electron chi connectivity index (χ4n) is 1.53. The quantitative estimate of drug-likeness (QED) is 0.854. The van der Waals surface area contributed by atoms with Crippen LogP contribution in [0.4, 0.5) is 11.7 Å². The topological polar surface area (TPSA) is 72.2 Å². The van der Waals surface area contributed by atoms with Gasteiger partial charge in [0.05, 0.1) is 18.7 Å². The van der Waals surface area contributed by atoms with Gasteiger partial charge in [-0.05, 0) is 12.1 Å². The number of halogens is 1. The van der Waals surface area contributed by atoms with E-state index >= 15 is 0 Å². The van der Waals surface area contributed by atoms with Gasteiger partial charge in [0.25, 0.3) is 0 Å². The summed E-state index contributed by atoms with van der Waals surface area (Å²) in [5.74, 6) is 1.11. The maximum Gasteiger partial charge on any atom is 0.320 e. The fraction of sp³-hybridized carbons (Fsp3) is 0.385. The van der Waals surface area contributed by atoms with Gasteiger partial charge in [-0.25, -0.2) is 0 Å². The molecule has 20 heavy (non-hydrogen) atoms. The number of hydrogen-bond acceptors (Lipinski definition) is 6. The first-order valence-corrected chi connectivity index (χ1v) is 6.62. The van der Waals surface area contributed by atoms with Crippen LogP contribution in [0.1, 0.15) is 19.7 Å². The molecule has 0 aliphatic rings. The number of nitrogens with zero attached hydrogens (tertiary/aromatic N) is 2. The van der Waals surface area contributed by atoms with Crippen molar-refractivity contribution < 1.29 is 9.15 Å². The van der Waals surface area contributed by atoms with E-state index in [-0.39, 0.29) is 0 Å². The minimum atomic E-state index is 0.329. The van der Waals surface area contributed by atoms with Gasteiger partial charge in [0.1, 0.15) is 5.75 Å². The van der Waals surface area contributed by atoms with Crippen molar-refractivity contribution in [3.63, 3.8) is 0 Å². The highest BCUT2D eigenvalue weighted by Crippen LogP contribution is 2.28. The lowest BCUT2D eigenvalue weighted by Crippen LogP contribution is -2.21. The van der Waals surface area contributed by atoms with Crippen LogP contribution < -0.4 is 15.4 Å². The van der Waals surface area contributed by atoms with Crippen molar-refractivity contribution in [3.8, 4) is 5.75 Å². The maximum absolute atomic E-state index is 5.96. The van der Waals surface area contributed by atoms with Crippen molar-refractivity contribution in [2.24, 2.45) is 0 Å². The third kappa shape index (κ3) is 3.85. The Balaban J connectivity index is 2.03. The van der Waals surface area contributed by atoms with Crippen LogP contribution >= 0.6 is 11.6 Å². The van der Waals surface area contributed by atoms with Crippen LogP contribution in [0, 0.1) is 0 Å². The summed E-state index contributed by atoms with van der Waals surface area (Å²) in [5.41, 5.74) is 0.762. The Labute approximate surface area is 122 Å². The van der Waals surface area contributed by atoms with E-state index in [4.69, 9.17) is 20.8 Å². The highest BCUT2D eigenvalue weighted by atomic mass is 35.5. The Hall–Kier alpha value is -1.79. The molecule has 108 valence electrons. The highest BCUT2D eigenvalue weighted by Gasteiger charge is 2.08. The second-order valence-electron chi connectivity index (χ2n) is 4.51. The molecule has 1 aromatic carbocycles. The lowest BCUT2D eigenvalue weighted by Gasteiger charge is -2.06. The predicted molar refractivity (Wildman–Crippen MR) is 77.6 cm³/mol. The second kappa shape index (κ2) is 6.58. The third-order valence-electron chi connectivity index (χ3n) is 2.53. The van der Waals surface area contributed by atoms with Gasteiger partial charge in [0.15, 0.2) is 0 Å². The molecule has 0 aliphatic carbocycles. The summed E-state index contributed by atoms with van der Waals surface area (Å²) in [7, 11) is 1.56. The van der Waals surface area contributed by atoms with Gasteiger partial charge < -0.3 is 19.8 Å². The molecule has 0 radical (unpaired) electrons. The summed E-state index contributed by atoms with van der Waals surface area (Å²) >= 11 is 5.96. The zero-order valence-electron chi connectivity index (χ0n) is 11.6. The molecule has 0 amide bonds. The first-order valence-electron chi connectivity index (χ1n) is 6.25. The number of benzene rings is 1. The van der Waals surface area contributed by atoms with Crippen LogP contribution in [0.2, 0.25) is 5.02 Å². The molecule has 0 spiro atoms. The van der Waals surface area contributed by atoms with Gasteiger partial charge >= 0.3 is 6.01 Å². The van der Waals surface area contributed by atoms with Crippen LogP contribution in [-0.2, 0) is 6.54 Å². The largest absolute Gasteiger partial charge is 0.495 e. The zero-order valence-corrected chi connectivity index (χ0v) is 12.4. The minimum Gasteiger partial charge on any atom is -0.495 e. The smallest absolute Gasteiger partial charge is 0.320 e. The molecule has 0 unspecified atom stereocenters. The van der Waals surface area contributed by atoms with E-state index in [1.165, 1.54) is 0 Å². The molecule has 0 bridgehead atoms. The molecule has 0 aliphatic heterocycles. The van der Waals surface area contributed by atoms with Crippen molar-refractivity contribution in [2.75, 3.05) is 12.4 Å². The van der Waals surface area contributed by atoms with Crippen LogP contribution in [0.3, 0.4) is 0 Å². The average Bonchev–Trinajstić information content (AvgIpc) is 2.86. The normalized spacial score (nSPS) is 10.8. The SMILES string of the molecule is COc1cc(Nc2nnc(CNC(C)C)o2)ccc1Cl. The molecular weight excluding hydrogens is 280 g/mol. The van der Waals surface area contributed by atoms with Crippen LogP contribution in [0.25, 0.3) is 0 Å². The molecule has 0 fully saturated rings. The molecule has 7 heteroatoms. The summed E-state index contributed by atoms with van der Waals surface area (Å²) in [4.78, 5) is 0. The van der Waals surface area contributed by atoms with E-state index in [0.29, 0.717) is 35.3 Å². The highest BCUT2D eigenvalue weighted by molar-refractivity contribution is 6.32. The second-order valence-corrected chi connectivity index (χ2v) is 4.92. The third-order valence-corrected chi connectivity index (χ3v) is 2.84. The Kier molecular flexibility index (Phi) is 4.81. The van der Waals surface area contributed by atoms with Gasteiger partial charge in [0.2, 0.25) is 5.89 Å². The molecule has 6 nitrogen and oxygen atoms in total. The Morgan fingerprint density at radius 3 is 2.85 bits per heavy atom. The van der Waals surface area contributed by atoms with Crippen molar-refractivity contribution in [2.45, 2.75) is 26.4 Å². The number of aromatic nitrogens is 2. The molecule has 1 aromatic heterocycles. The number of anilines is 2. The van der Waals surface area contributed by atoms with Gasteiger partial charge in [-0.3, -0.25) is 0 Å². The number of rotatable bonds is 6. The van der Waals surface area contributed by atoms with Crippen LogP contribution in [0.15, 0.2) is 22.6 Å². The standard InChI is InChI=1S/C13H17ClN4O2/c1-8(2)15-7-12-17-18-13(20-12)16-9-4-5-10(14)11(6-9)19-3/h4-6,8,15H,7H2,1-3H3,(H,16,18). The molecule has 0 saturated heterocycles. The minimum absolute atomic E-state index is 0.329. The molecule has 2 rings (SSSR count). The van der Waals surface area contributed by atoms with E-state index in [2.05, 4.69) is 34.7 Å². The molecule has 0 atom stereocenters. The predicted octanol–water partition coefficient (Wildman–Crippen LogP) is 2.97. The molecule has 1 heterocycles. The van der Waals surface area contributed by atoms with Crippen LogP contribution in [0.5, 0.6) is 5.75 Å². The molecular formula is C13H17ClN4O2. The monoisotopic (exact) mass is 296 g/mol. The fourth-order valence-corrected chi connectivity index (χ4v) is 1.72. The maximum atomic E-state index is 5.96. The summed E-state index contributed by atoms with van der Waals surface area (Å²) < 4.78 is 10.6. The van der Waals surface area contributed by atoms with E-state index in [9.17, 15) is 0 Å². The van der Waals surface area contributed by atoms with E-state index < -0.39 is 0 Å². The summed E-state index contributed by atoms with van der Waals surface area (Å²) in [6.07, 6.45) is 0. The summed E-state index contributed by atoms with van der Waals surface area (Å²) in [6.45, 7) is 4.64. The van der Waals surface area contributed by atoms with Crippen LogP contribution in [-0.4, -0.2) is 23.3 Å². The van der Waals surface area contributed by atoms with Gasteiger partial charge in [-0.1, -0.05) is 30.5 Å². The zero-order chi connectivity index (χ0) is 14.5. The van der Waals surface area contributed by atoms with Gasteiger partial charge in [-0.15, -0.1) is 5.10 Å². The van der Waals surface area contributed by atoms with Gasteiger partial charge in [-0.2, -0.15) is 0 Å². The van der Waals surface area contributed by atoms with E-state index in [1.54, 1.807) is 25.3 Å². The Bertz CT molecular complexity index is 571. The number of ether oxygens (including phenoxy) is 1. The molecule has 2 N–H and O–H groups in total. The molecule has 2 aromatic rings. The van der Waals surface area contributed by atoms with E-state index in [0.717, 1.165) is 5.69 Å². The number of hydrogen-bond donors (Lipinski definition) is 2. The average molecular weight is 297 g/mol. The first kappa shape index (κ1) is 14.6. The van der Waals surface area contributed by atoms with Crippen molar-refractivity contribution in [1.82, 2.24) is 15.5 Å². The first-order chi connectivity index (χ1) is 9.58. The number of methoxy groups -OCH3 is 1. The van der Waals surface area contributed by atoms with E-state index in [1.807, 2.05) is 0 Å². The summed E-state index contributed by atoms with van der Waals surface area (Å²) in [5, 5.41) is 14.6. The lowest BCUT2D eigenvalue weighted by atomic mass is 10.3. The Morgan fingerprint density at radius 1 is 1.35 bits per heavy atom. The number of nitrogens with one attached hydrogen (secondary N) is 2. The van der Waals surface area contributed by atoms with Crippen molar-refractivity contribution >= 4 is 23.3 Å². The van der Waals surface area contributed by atoms with Crippen molar-refractivity contribution in [1.29, 1.82) is 0 Å².